The van der Waals surface area contributed by atoms with Gasteiger partial charge in [0.1, 0.15) is 5.82 Å². The van der Waals surface area contributed by atoms with Crippen LogP contribution in [0.25, 0.3) is 11.4 Å². The molecule has 3 aromatic rings. The van der Waals surface area contributed by atoms with E-state index >= 15 is 0 Å². The number of nitrogens with zero attached hydrogens (tertiary/aromatic N) is 4. The first-order valence-electron chi connectivity index (χ1n) is 9.45. The smallest absolute Gasteiger partial charge is 0.227 e. The summed E-state index contributed by atoms with van der Waals surface area (Å²) in [6.45, 7) is 4.63. The van der Waals surface area contributed by atoms with Gasteiger partial charge in [-0.15, -0.1) is 0 Å². The second-order valence-electron chi connectivity index (χ2n) is 7.23. The largest absolute Gasteiger partial charge is 0.342 e. The average Bonchev–Trinajstić information content (AvgIpc) is 3.31. The van der Waals surface area contributed by atoms with E-state index in [9.17, 15) is 4.79 Å². The normalized spacial score (nSPS) is 16.6. The van der Waals surface area contributed by atoms with Crippen molar-refractivity contribution in [1.29, 1.82) is 0 Å². The van der Waals surface area contributed by atoms with Crippen molar-refractivity contribution in [3.05, 3.63) is 72.3 Å². The summed E-state index contributed by atoms with van der Waals surface area (Å²) in [7, 11) is 0. The van der Waals surface area contributed by atoms with Crippen molar-refractivity contribution in [3.8, 4) is 11.4 Å². The summed E-state index contributed by atoms with van der Waals surface area (Å²) in [4.78, 5) is 23.3. The van der Waals surface area contributed by atoms with Crippen LogP contribution in [0.3, 0.4) is 0 Å². The summed E-state index contributed by atoms with van der Waals surface area (Å²) in [6, 6.07) is 14.1. The highest BCUT2D eigenvalue weighted by atomic mass is 16.2. The summed E-state index contributed by atoms with van der Waals surface area (Å²) < 4.78 is 2.29. The molecule has 3 heterocycles. The van der Waals surface area contributed by atoms with Gasteiger partial charge in [0.05, 0.1) is 6.42 Å². The van der Waals surface area contributed by atoms with Gasteiger partial charge in [0.15, 0.2) is 0 Å². The van der Waals surface area contributed by atoms with Crippen molar-refractivity contribution >= 4 is 5.91 Å². The van der Waals surface area contributed by atoms with E-state index in [-0.39, 0.29) is 5.91 Å². The Morgan fingerprint density at radius 2 is 2.00 bits per heavy atom. The van der Waals surface area contributed by atoms with Crippen LogP contribution in [-0.2, 0) is 17.8 Å². The number of hydrogen-bond acceptors (Lipinski definition) is 3. The molecule has 0 radical (unpaired) electrons. The SMILES string of the molecule is Cc1cnc(-c2ccccc2)n1CC1CCN(C(=O)Cc2cccnc2)C1. The predicted molar refractivity (Wildman–Crippen MR) is 105 cm³/mol. The molecule has 1 saturated heterocycles. The highest BCUT2D eigenvalue weighted by Gasteiger charge is 2.27. The minimum absolute atomic E-state index is 0.191. The molecule has 27 heavy (non-hydrogen) atoms. The van der Waals surface area contributed by atoms with Gasteiger partial charge in [-0.2, -0.15) is 0 Å². The molecular formula is C22H24N4O. The lowest BCUT2D eigenvalue weighted by atomic mass is 10.1. The molecule has 2 aromatic heterocycles. The maximum Gasteiger partial charge on any atom is 0.227 e. The van der Waals surface area contributed by atoms with Crippen molar-refractivity contribution in [1.82, 2.24) is 19.4 Å². The van der Waals surface area contributed by atoms with Crippen molar-refractivity contribution in [3.63, 3.8) is 0 Å². The van der Waals surface area contributed by atoms with Gasteiger partial charge < -0.3 is 9.47 Å². The molecule has 1 aliphatic rings. The molecule has 1 atom stereocenters. The summed E-state index contributed by atoms with van der Waals surface area (Å²) in [5.41, 5.74) is 3.27. The number of carbonyl (C=O) groups excluding carboxylic acids is 1. The number of imidazole rings is 1. The number of amides is 1. The molecular weight excluding hydrogens is 336 g/mol. The highest BCUT2D eigenvalue weighted by Crippen LogP contribution is 2.24. The fourth-order valence-corrected chi connectivity index (χ4v) is 3.76. The maximum absolute atomic E-state index is 12.6. The molecule has 4 rings (SSSR count). The van der Waals surface area contributed by atoms with E-state index in [0.29, 0.717) is 12.3 Å². The molecule has 138 valence electrons. The van der Waals surface area contributed by atoms with Gasteiger partial charge in [0, 0.05) is 49.5 Å². The fourth-order valence-electron chi connectivity index (χ4n) is 3.76. The van der Waals surface area contributed by atoms with Gasteiger partial charge in [-0.05, 0) is 30.9 Å². The molecule has 1 unspecified atom stereocenters. The Kier molecular flexibility index (Phi) is 5.01. The molecule has 0 spiro atoms. The van der Waals surface area contributed by atoms with Crippen LogP contribution < -0.4 is 0 Å². The third-order valence-electron chi connectivity index (χ3n) is 5.24. The monoisotopic (exact) mass is 360 g/mol. The first kappa shape index (κ1) is 17.5. The molecule has 1 aromatic carbocycles. The van der Waals surface area contributed by atoms with E-state index in [1.165, 1.54) is 0 Å². The second kappa shape index (κ2) is 7.74. The number of rotatable bonds is 5. The first-order valence-corrected chi connectivity index (χ1v) is 9.45. The van der Waals surface area contributed by atoms with Crippen molar-refractivity contribution in [2.24, 2.45) is 5.92 Å². The standard InChI is InChI=1S/C22H24N4O/c1-17-13-24-22(20-7-3-2-4-8-20)26(17)16-19-9-11-25(15-19)21(27)12-18-6-5-10-23-14-18/h2-8,10,13-14,19H,9,11-12,15-16H2,1H3. The predicted octanol–water partition coefficient (Wildman–Crippen LogP) is 3.34. The molecule has 1 fully saturated rings. The number of carbonyl (C=O) groups is 1. The Morgan fingerprint density at radius 3 is 2.78 bits per heavy atom. The van der Waals surface area contributed by atoms with Crippen LogP contribution >= 0.6 is 0 Å². The van der Waals surface area contributed by atoms with Crippen LogP contribution in [0.4, 0.5) is 0 Å². The molecule has 5 heteroatoms. The minimum Gasteiger partial charge on any atom is -0.342 e. The lowest BCUT2D eigenvalue weighted by Gasteiger charge is -2.18. The van der Waals surface area contributed by atoms with Crippen LogP contribution in [0.5, 0.6) is 0 Å². The van der Waals surface area contributed by atoms with Crippen molar-refractivity contribution in [2.75, 3.05) is 13.1 Å². The lowest BCUT2D eigenvalue weighted by Crippen LogP contribution is -2.30. The van der Waals surface area contributed by atoms with Gasteiger partial charge in [-0.25, -0.2) is 4.98 Å². The third kappa shape index (κ3) is 3.92. The van der Waals surface area contributed by atoms with Crippen LogP contribution in [0.1, 0.15) is 17.7 Å². The van der Waals surface area contributed by atoms with E-state index in [4.69, 9.17) is 0 Å². The molecule has 1 amide bonds. The molecule has 0 saturated carbocycles. The zero-order chi connectivity index (χ0) is 18.6. The number of aromatic nitrogens is 3. The van der Waals surface area contributed by atoms with Crippen LogP contribution in [0, 0.1) is 12.8 Å². The number of pyridine rings is 1. The van der Waals surface area contributed by atoms with Gasteiger partial charge >= 0.3 is 0 Å². The average molecular weight is 360 g/mol. The highest BCUT2D eigenvalue weighted by molar-refractivity contribution is 5.78. The number of benzene rings is 1. The molecule has 0 aliphatic carbocycles. The summed E-state index contributed by atoms with van der Waals surface area (Å²) in [5, 5.41) is 0. The van der Waals surface area contributed by atoms with Crippen molar-refractivity contribution in [2.45, 2.75) is 26.3 Å². The zero-order valence-electron chi connectivity index (χ0n) is 15.6. The molecule has 5 nitrogen and oxygen atoms in total. The van der Waals surface area contributed by atoms with Crippen LogP contribution in [-0.4, -0.2) is 38.4 Å². The molecule has 0 N–H and O–H groups in total. The quantitative estimate of drug-likeness (QED) is 0.701. The number of hydrogen-bond donors (Lipinski definition) is 0. The third-order valence-corrected chi connectivity index (χ3v) is 5.24. The van der Waals surface area contributed by atoms with E-state index in [2.05, 4.69) is 33.6 Å². The number of aryl methyl sites for hydroxylation is 1. The van der Waals surface area contributed by atoms with E-state index in [1.807, 2.05) is 41.4 Å². The van der Waals surface area contributed by atoms with Gasteiger partial charge in [0.2, 0.25) is 5.91 Å². The summed E-state index contributed by atoms with van der Waals surface area (Å²) >= 11 is 0. The Hall–Kier alpha value is -2.95. The Morgan fingerprint density at radius 1 is 1.15 bits per heavy atom. The first-order chi connectivity index (χ1) is 13.2. The topological polar surface area (TPSA) is 51.0 Å². The second-order valence-corrected chi connectivity index (χ2v) is 7.23. The maximum atomic E-state index is 12.6. The minimum atomic E-state index is 0.191. The molecule has 1 aliphatic heterocycles. The Labute approximate surface area is 159 Å². The Balaban J connectivity index is 1.42. The van der Waals surface area contributed by atoms with Gasteiger partial charge in [0.25, 0.3) is 0 Å². The lowest BCUT2D eigenvalue weighted by molar-refractivity contribution is -0.129. The van der Waals surface area contributed by atoms with Gasteiger partial charge in [-0.3, -0.25) is 9.78 Å². The summed E-state index contributed by atoms with van der Waals surface area (Å²) in [5.74, 6) is 1.66. The van der Waals surface area contributed by atoms with E-state index in [0.717, 1.165) is 48.7 Å². The zero-order valence-corrected chi connectivity index (χ0v) is 15.6. The summed E-state index contributed by atoms with van der Waals surface area (Å²) in [6.07, 6.45) is 6.90. The van der Waals surface area contributed by atoms with Gasteiger partial charge in [-0.1, -0.05) is 36.4 Å². The van der Waals surface area contributed by atoms with E-state index in [1.54, 1.807) is 12.4 Å². The van der Waals surface area contributed by atoms with Crippen molar-refractivity contribution < 1.29 is 4.79 Å². The molecule has 0 bridgehead atoms. The van der Waals surface area contributed by atoms with Crippen LogP contribution in [0.15, 0.2) is 61.1 Å². The van der Waals surface area contributed by atoms with Crippen LogP contribution in [0.2, 0.25) is 0 Å². The number of likely N-dealkylation sites (tertiary alicyclic amines) is 1. The Bertz CT molecular complexity index is 905. The van der Waals surface area contributed by atoms with E-state index < -0.39 is 0 Å². The fraction of sp³-hybridized carbons (Fsp3) is 0.318.